The largest absolute Gasteiger partial charge is 0.494 e. The molecule has 4 aromatic rings. The number of sulfonamides is 1. The van der Waals surface area contributed by atoms with Gasteiger partial charge in [0.05, 0.1) is 28.7 Å². The van der Waals surface area contributed by atoms with Gasteiger partial charge in [0.2, 0.25) is 10.0 Å². The zero-order valence-electron chi connectivity index (χ0n) is 27.1. The highest BCUT2D eigenvalue weighted by Gasteiger charge is 2.51. The summed E-state index contributed by atoms with van der Waals surface area (Å²) in [5.74, 6) is -0.638. The van der Waals surface area contributed by atoms with E-state index in [1.165, 1.54) is 22.7 Å². The minimum Gasteiger partial charge on any atom is -0.460 e. The normalized spacial score (nSPS) is 18.2. The number of carbonyl (C=O) groups excluding carboxylic acids is 1. The number of primary amides is 1. The van der Waals surface area contributed by atoms with Gasteiger partial charge in [-0.1, -0.05) is 43.3 Å². The first-order chi connectivity index (χ1) is 21.5. The molecule has 0 spiro atoms. The van der Waals surface area contributed by atoms with Crippen LogP contribution in [0, 0.1) is 5.82 Å². The molecule has 1 aliphatic carbocycles. The quantitative estimate of drug-likeness (QED) is 0.212. The highest BCUT2D eigenvalue weighted by molar-refractivity contribution is 7.92. The van der Waals surface area contributed by atoms with Gasteiger partial charge < -0.3 is 19.5 Å². The fraction of sp³-hybridized carbons (Fsp3) is 0.400. The molecule has 0 bridgehead atoms. The summed E-state index contributed by atoms with van der Waals surface area (Å²) in [6, 6.07) is 17.5. The molecule has 1 atom stereocenters. The van der Waals surface area contributed by atoms with Crippen molar-refractivity contribution in [3.8, 4) is 0 Å². The van der Waals surface area contributed by atoms with Gasteiger partial charge in [0.1, 0.15) is 17.2 Å². The predicted molar refractivity (Wildman–Crippen MR) is 179 cm³/mol. The van der Waals surface area contributed by atoms with Gasteiger partial charge in [0.25, 0.3) is 5.91 Å². The molecule has 11 heteroatoms. The first-order valence-electron chi connectivity index (χ1n) is 15.6. The lowest BCUT2D eigenvalue weighted by Gasteiger charge is -2.32. The number of rotatable bonds is 10. The predicted octanol–water partition coefficient (Wildman–Crippen LogP) is 6.01. The van der Waals surface area contributed by atoms with Crippen molar-refractivity contribution >= 4 is 45.2 Å². The number of amides is 1. The fourth-order valence-electron chi connectivity index (χ4n) is 6.05. The monoisotopic (exact) mass is 646 g/mol. The smallest absolute Gasteiger partial charge is 0.460 e. The first-order valence-corrected chi connectivity index (χ1v) is 17.5. The Bertz CT molecular complexity index is 1880. The van der Waals surface area contributed by atoms with Crippen LogP contribution >= 0.6 is 0 Å². The first kappa shape index (κ1) is 32.3. The van der Waals surface area contributed by atoms with E-state index in [-0.39, 0.29) is 36.2 Å². The number of fused-ring (bicyclic) bond motifs is 1. The van der Waals surface area contributed by atoms with E-state index in [1.807, 2.05) is 65.0 Å². The number of nitrogens with two attached hydrogens (primary N) is 1. The average Bonchev–Trinajstić information content (AvgIpc) is 3.71. The summed E-state index contributed by atoms with van der Waals surface area (Å²) >= 11 is 0. The number of halogens is 1. The topological polar surface area (TPSA) is 112 Å². The van der Waals surface area contributed by atoms with Gasteiger partial charge in [-0.2, -0.15) is 0 Å². The van der Waals surface area contributed by atoms with E-state index < -0.39 is 34.3 Å². The van der Waals surface area contributed by atoms with Crippen LogP contribution in [-0.2, 0) is 25.8 Å². The van der Waals surface area contributed by atoms with Crippen LogP contribution in [-0.4, -0.2) is 45.4 Å². The van der Waals surface area contributed by atoms with E-state index >= 15 is 0 Å². The molecule has 242 valence electrons. The van der Waals surface area contributed by atoms with Gasteiger partial charge in [0, 0.05) is 24.4 Å². The van der Waals surface area contributed by atoms with Crippen LogP contribution in [0.1, 0.15) is 92.1 Å². The molecule has 2 heterocycles. The van der Waals surface area contributed by atoms with Crippen molar-refractivity contribution in [2.75, 3.05) is 17.1 Å². The summed E-state index contributed by atoms with van der Waals surface area (Å²) in [6.45, 7) is 10.3. The number of anilines is 1. The van der Waals surface area contributed by atoms with Crippen LogP contribution in [0.3, 0.4) is 0 Å². The fourth-order valence-corrected chi connectivity index (χ4v) is 7.06. The molecule has 1 saturated carbocycles. The molecule has 1 amide bonds. The van der Waals surface area contributed by atoms with E-state index in [9.17, 15) is 17.6 Å². The van der Waals surface area contributed by atoms with Gasteiger partial charge in [-0.3, -0.25) is 9.10 Å². The molecule has 2 aliphatic rings. The maximum Gasteiger partial charge on any atom is 0.494 e. The van der Waals surface area contributed by atoms with Gasteiger partial charge in [-0.05, 0) is 92.7 Å². The zero-order valence-corrected chi connectivity index (χ0v) is 27.9. The molecule has 2 fully saturated rings. The molecular formula is C35H40BFN2O6S. The number of nitrogens with zero attached hydrogens (tertiary/aromatic N) is 1. The highest BCUT2D eigenvalue weighted by atomic mass is 32.2. The minimum atomic E-state index is -3.71. The second kappa shape index (κ2) is 11.5. The Balaban J connectivity index is 1.33. The van der Waals surface area contributed by atoms with Crippen LogP contribution in [0.4, 0.5) is 10.1 Å². The zero-order chi connectivity index (χ0) is 33.2. The second-order valence-corrected chi connectivity index (χ2v) is 15.6. The summed E-state index contributed by atoms with van der Waals surface area (Å²) in [6.07, 6.45) is 3.27. The SMILES string of the molecule is CC(CN(c1cc2oc(Cc3ccc(F)cc3)c(C(N)=O)c2cc1C1CC1)S(C)(=O)=O)c1ccc(B2OC(C)(C)C(C)(C)O2)cc1. The number of furan rings is 1. The summed E-state index contributed by atoms with van der Waals surface area (Å²) < 4.78 is 60.3. The molecule has 2 N–H and O–H groups in total. The highest BCUT2D eigenvalue weighted by Crippen LogP contribution is 2.47. The Hall–Kier alpha value is -3.67. The molecule has 6 rings (SSSR count). The Labute approximate surface area is 270 Å². The second-order valence-electron chi connectivity index (χ2n) is 13.7. The Kier molecular flexibility index (Phi) is 8.10. The standard InChI is InChI=1S/C35H40BFN2O6S/c1-21(23-11-13-25(14-12-23)36-44-34(2,3)35(4,5)45-36)20-39(46(6,41)42)29-19-30-28(18-27(29)24-9-10-24)32(33(38)40)31(43-30)17-22-7-15-26(37)16-8-22/h7-8,11-16,18-19,21,24H,9-10,17,20H2,1-6H3,(H2,38,40). The Morgan fingerprint density at radius 1 is 1.02 bits per heavy atom. The van der Waals surface area contributed by atoms with Crippen LogP contribution in [0.2, 0.25) is 0 Å². The summed E-state index contributed by atoms with van der Waals surface area (Å²) in [5, 5.41) is 0.551. The van der Waals surface area contributed by atoms with Crippen molar-refractivity contribution in [3.63, 3.8) is 0 Å². The maximum atomic E-state index is 13.5. The van der Waals surface area contributed by atoms with Gasteiger partial charge in [-0.15, -0.1) is 0 Å². The molecule has 1 saturated heterocycles. The van der Waals surface area contributed by atoms with E-state index in [2.05, 4.69) is 0 Å². The third kappa shape index (κ3) is 6.20. The van der Waals surface area contributed by atoms with Crippen molar-refractivity contribution in [2.24, 2.45) is 5.73 Å². The third-order valence-electron chi connectivity index (χ3n) is 9.59. The van der Waals surface area contributed by atoms with E-state index in [0.29, 0.717) is 22.4 Å². The minimum absolute atomic E-state index is 0.156. The lowest BCUT2D eigenvalue weighted by Crippen LogP contribution is -2.41. The van der Waals surface area contributed by atoms with Crippen molar-refractivity contribution < 1.29 is 31.3 Å². The van der Waals surface area contributed by atoms with Crippen LogP contribution in [0.15, 0.2) is 65.1 Å². The number of hydrogen-bond acceptors (Lipinski definition) is 6. The van der Waals surface area contributed by atoms with Crippen LogP contribution < -0.4 is 15.5 Å². The van der Waals surface area contributed by atoms with Crippen LogP contribution in [0.25, 0.3) is 11.0 Å². The van der Waals surface area contributed by atoms with Crippen LogP contribution in [0.5, 0.6) is 0 Å². The lowest BCUT2D eigenvalue weighted by molar-refractivity contribution is 0.00578. The van der Waals surface area contributed by atoms with Gasteiger partial charge in [-0.25, -0.2) is 12.8 Å². The molecule has 3 aromatic carbocycles. The molecular weight excluding hydrogens is 606 g/mol. The summed E-state index contributed by atoms with van der Waals surface area (Å²) in [4.78, 5) is 12.7. The van der Waals surface area contributed by atoms with Crippen molar-refractivity contribution in [3.05, 3.63) is 94.5 Å². The van der Waals surface area contributed by atoms with Gasteiger partial charge >= 0.3 is 7.12 Å². The van der Waals surface area contributed by atoms with Crippen molar-refractivity contribution in [2.45, 2.75) is 76.9 Å². The van der Waals surface area contributed by atoms with E-state index in [4.69, 9.17) is 19.5 Å². The van der Waals surface area contributed by atoms with Gasteiger partial charge in [0.15, 0.2) is 0 Å². The number of carbonyl (C=O) groups is 1. The molecule has 0 radical (unpaired) electrons. The number of benzene rings is 3. The Morgan fingerprint density at radius 3 is 2.17 bits per heavy atom. The lowest BCUT2D eigenvalue weighted by atomic mass is 9.78. The third-order valence-corrected chi connectivity index (χ3v) is 10.7. The summed E-state index contributed by atoms with van der Waals surface area (Å²) in [5.41, 5.74) is 9.57. The van der Waals surface area contributed by atoms with Crippen molar-refractivity contribution in [1.29, 1.82) is 0 Å². The maximum absolute atomic E-state index is 13.5. The number of hydrogen-bond donors (Lipinski definition) is 1. The molecule has 1 aromatic heterocycles. The Morgan fingerprint density at radius 2 is 1.63 bits per heavy atom. The van der Waals surface area contributed by atoms with E-state index in [0.717, 1.165) is 35.0 Å². The molecule has 8 nitrogen and oxygen atoms in total. The average molecular weight is 647 g/mol. The van der Waals surface area contributed by atoms with E-state index in [1.54, 1.807) is 18.2 Å². The molecule has 46 heavy (non-hydrogen) atoms. The summed E-state index contributed by atoms with van der Waals surface area (Å²) in [7, 11) is -4.20. The molecule has 1 aliphatic heterocycles. The molecule has 1 unspecified atom stereocenters. The van der Waals surface area contributed by atoms with Crippen molar-refractivity contribution in [1.82, 2.24) is 0 Å².